The first-order valence-electron chi connectivity index (χ1n) is 9.96. The third kappa shape index (κ3) is 3.92. The van der Waals surface area contributed by atoms with Crippen LogP contribution in [0.4, 0.5) is 5.69 Å². The standard InChI is InChI=1S/C23H28N2O2/c1-17-15-21-19(7-8-22(26)24-21)16-20(17)23(27)10-13-25(14-11-23)12-9-18-5-3-2-4-6-18/h2-6,15-16,27H,7-14H2,1H3,(H,24,26). The topological polar surface area (TPSA) is 52.6 Å². The molecule has 2 aromatic rings. The lowest BCUT2D eigenvalue weighted by Gasteiger charge is -2.40. The fraction of sp³-hybridized carbons (Fsp3) is 0.435. The molecule has 2 N–H and O–H groups in total. The van der Waals surface area contributed by atoms with Crippen LogP contribution >= 0.6 is 0 Å². The van der Waals surface area contributed by atoms with Gasteiger partial charge in [0.15, 0.2) is 0 Å². The molecule has 4 rings (SSSR count). The highest BCUT2D eigenvalue weighted by Crippen LogP contribution is 2.38. The molecule has 0 spiro atoms. The van der Waals surface area contributed by atoms with Gasteiger partial charge in [-0.3, -0.25) is 4.79 Å². The van der Waals surface area contributed by atoms with E-state index in [9.17, 15) is 9.90 Å². The molecule has 2 heterocycles. The number of nitrogens with zero attached hydrogens (tertiary/aromatic N) is 1. The fourth-order valence-electron chi connectivity index (χ4n) is 4.39. The summed E-state index contributed by atoms with van der Waals surface area (Å²) >= 11 is 0. The first-order chi connectivity index (χ1) is 13.0. The Morgan fingerprint density at radius 1 is 1.11 bits per heavy atom. The monoisotopic (exact) mass is 364 g/mol. The summed E-state index contributed by atoms with van der Waals surface area (Å²) in [5.74, 6) is 0.0834. The van der Waals surface area contributed by atoms with Crippen LogP contribution in [0.2, 0.25) is 0 Å². The highest BCUT2D eigenvalue weighted by Gasteiger charge is 2.35. The molecule has 142 valence electrons. The zero-order valence-electron chi connectivity index (χ0n) is 16.0. The Morgan fingerprint density at radius 2 is 1.85 bits per heavy atom. The maximum Gasteiger partial charge on any atom is 0.224 e. The highest BCUT2D eigenvalue weighted by atomic mass is 16.3. The molecule has 1 amide bonds. The van der Waals surface area contributed by atoms with Crippen molar-refractivity contribution in [1.29, 1.82) is 0 Å². The second kappa shape index (κ2) is 7.45. The predicted molar refractivity (Wildman–Crippen MR) is 108 cm³/mol. The molecular weight excluding hydrogens is 336 g/mol. The van der Waals surface area contributed by atoms with Crippen molar-refractivity contribution in [2.45, 2.75) is 44.6 Å². The third-order valence-corrected chi connectivity index (χ3v) is 6.09. The summed E-state index contributed by atoms with van der Waals surface area (Å²) in [5, 5.41) is 14.3. The molecule has 1 fully saturated rings. The van der Waals surface area contributed by atoms with Crippen molar-refractivity contribution in [3.05, 3.63) is 64.7 Å². The summed E-state index contributed by atoms with van der Waals surface area (Å²) in [6, 6.07) is 14.7. The number of rotatable bonds is 4. The largest absolute Gasteiger partial charge is 0.385 e. The van der Waals surface area contributed by atoms with E-state index in [1.54, 1.807) is 0 Å². The fourth-order valence-corrected chi connectivity index (χ4v) is 4.39. The van der Waals surface area contributed by atoms with Crippen molar-refractivity contribution in [3.63, 3.8) is 0 Å². The van der Waals surface area contributed by atoms with Crippen molar-refractivity contribution in [3.8, 4) is 0 Å². The molecule has 0 radical (unpaired) electrons. The van der Waals surface area contributed by atoms with E-state index in [-0.39, 0.29) is 5.91 Å². The van der Waals surface area contributed by atoms with Crippen molar-refractivity contribution in [2.24, 2.45) is 0 Å². The number of carbonyl (C=O) groups is 1. The van der Waals surface area contributed by atoms with Crippen LogP contribution in [-0.4, -0.2) is 35.5 Å². The molecule has 0 saturated carbocycles. The highest BCUT2D eigenvalue weighted by molar-refractivity contribution is 5.94. The number of likely N-dealkylation sites (tertiary alicyclic amines) is 1. The minimum absolute atomic E-state index is 0.0834. The van der Waals surface area contributed by atoms with Gasteiger partial charge in [0.05, 0.1) is 5.60 Å². The number of piperidine rings is 1. The van der Waals surface area contributed by atoms with Crippen molar-refractivity contribution in [2.75, 3.05) is 25.0 Å². The van der Waals surface area contributed by atoms with Crippen LogP contribution < -0.4 is 5.32 Å². The molecule has 2 aliphatic rings. The van der Waals surface area contributed by atoms with Crippen LogP contribution in [0.5, 0.6) is 0 Å². The Morgan fingerprint density at radius 3 is 2.59 bits per heavy atom. The quantitative estimate of drug-likeness (QED) is 0.874. The number of nitrogens with one attached hydrogen (secondary N) is 1. The van der Waals surface area contributed by atoms with Gasteiger partial charge in [-0.2, -0.15) is 0 Å². The van der Waals surface area contributed by atoms with Crippen LogP contribution in [0.1, 0.15) is 41.5 Å². The summed E-state index contributed by atoms with van der Waals surface area (Å²) in [6.45, 7) is 4.90. The van der Waals surface area contributed by atoms with Gasteiger partial charge in [-0.15, -0.1) is 0 Å². The second-order valence-electron chi connectivity index (χ2n) is 7.98. The number of anilines is 1. The average Bonchev–Trinajstić information content (AvgIpc) is 2.68. The van der Waals surface area contributed by atoms with E-state index in [0.717, 1.165) is 67.7 Å². The zero-order valence-corrected chi connectivity index (χ0v) is 16.0. The van der Waals surface area contributed by atoms with E-state index in [0.29, 0.717) is 6.42 Å². The lowest BCUT2D eigenvalue weighted by Crippen LogP contribution is -2.43. The number of fused-ring (bicyclic) bond motifs is 1. The number of aryl methyl sites for hydroxylation is 2. The first-order valence-corrected chi connectivity index (χ1v) is 9.96. The maximum absolute atomic E-state index is 11.6. The smallest absolute Gasteiger partial charge is 0.224 e. The van der Waals surface area contributed by atoms with E-state index in [1.165, 1.54) is 5.56 Å². The van der Waals surface area contributed by atoms with Gasteiger partial charge in [0, 0.05) is 31.7 Å². The van der Waals surface area contributed by atoms with E-state index in [2.05, 4.69) is 46.6 Å². The number of aliphatic hydroxyl groups is 1. The molecule has 1 saturated heterocycles. The summed E-state index contributed by atoms with van der Waals surface area (Å²) in [7, 11) is 0. The molecule has 2 aromatic carbocycles. The van der Waals surface area contributed by atoms with Gasteiger partial charge in [-0.25, -0.2) is 0 Å². The van der Waals surface area contributed by atoms with Crippen molar-refractivity contribution < 1.29 is 9.90 Å². The number of hydrogen-bond donors (Lipinski definition) is 2. The Bertz CT molecular complexity index is 824. The summed E-state index contributed by atoms with van der Waals surface area (Å²) in [5.41, 5.74) is 4.78. The molecule has 0 aliphatic carbocycles. The van der Waals surface area contributed by atoms with Crippen molar-refractivity contribution in [1.82, 2.24) is 4.90 Å². The summed E-state index contributed by atoms with van der Waals surface area (Å²) in [4.78, 5) is 14.1. The van der Waals surface area contributed by atoms with E-state index in [1.807, 2.05) is 13.0 Å². The molecular formula is C23H28N2O2. The number of hydrogen-bond acceptors (Lipinski definition) is 3. The molecule has 0 bridgehead atoms. The van der Waals surface area contributed by atoms with Gasteiger partial charge in [0.1, 0.15) is 0 Å². The molecule has 27 heavy (non-hydrogen) atoms. The van der Waals surface area contributed by atoms with Gasteiger partial charge in [-0.1, -0.05) is 36.4 Å². The van der Waals surface area contributed by atoms with Gasteiger partial charge >= 0.3 is 0 Å². The molecule has 4 heteroatoms. The van der Waals surface area contributed by atoms with Gasteiger partial charge < -0.3 is 15.3 Å². The van der Waals surface area contributed by atoms with Gasteiger partial charge in [-0.05, 0) is 60.9 Å². The van der Waals surface area contributed by atoms with Gasteiger partial charge in [0.2, 0.25) is 5.91 Å². The van der Waals surface area contributed by atoms with E-state index >= 15 is 0 Å². The normalized spacial score (nSPS) is 19.4. The Balaban J connectivity index is 1.42. The second-order valence-corrected chi connectivity index (χ2v) is 7.98. The number of carbonyl (C=O) groups excluding carboxylic acids is 1. The maximum atomic E-state index is 11.6. The van der Waals surface area contributed by atoms with Gasteiger partial charge in [0.25, 0.3) is 0 Å². The SMILES string of the molecule is Cc1cc2c(cc1C1(O)CCN(CCc3ccccc3)CC1)CCC(=O)N2. The molecule has 2 aliphatic heterocycles. The van der Waals surface area contributed by atoms with Crippen LogP contribution in [0.15, 0.2) is 42.5 Å². The minimum Gasteiger partial charge on any atom is -0.385 e. The molecule has 0 aromatic heterocycles. The molecule has 4 nitrogen and oxygen atoms in total. The van der Waals surface area contributed by atoms with E-state index in [4.69, 9.17) is 0 Å². The summed E-state index contributed by atoms with van der Waals surface area (Å²) in [6.07, 6.45) is 3.85. The van der Waals surface area contributed by atoms with Crippen LogP contribution in [-0.2, 0) is 23.2 Å². The lowest BCUT2D eigenvalue weighted by atomic mass is 9.80. The average molecular weight is 364 g/mol. The third-order valence-electron chi connectivity index (χ3n) is 6.09. The molecule has 0 atom stereocenters. The number of benzene rings is 2. The van der Waals surface area contributed by atoms with E-state index < -0.39 is 5.60 Å². The number of amides is 1. The van der Waals surface area contributed by atoms with Crippen LogP contribution in [0.25, 0.3) is 0 Å². The first kappa shape index (κ1) is 18.2. The Labute approximate surface area is 161 Å². The Kier molecular flexibility index (Phi) is 5.02. The summed E-state index contributed by atoms with van der Waals surface area (Å²) < 4.78 is 0. The minimum atomic E-state index is -0.760. The predicted octanol–water partition coefficient (Wildman–Crippen LogP) is 3.41. The van der Waals surface area contributed by atoms with Crippen molar-refractivity contribution >= 4 is 11.6 Å². The zero-order chi connectivity index (χ0) is 18.9. The lowest BCUT2D eigenvalue weighted by molar-refractivity contribution is -0.116. The Hall–Kier alpha value is -2.17. The van der Waals surface area contributed by atoms with Crippen LogP contribution in [0.3, 0.4) is 0 Å². The molecule has 0 unspecified atom stereocenters. The van der Waals surface area contributed by atoms with Crippen LogP contribution in [0, 0.1) is 6.92 Å².